The number of allylic oxidation sites excluding steroid dienone is 4. The Morgan fingerprint density at radius 1 is 1.32 bits per heavy atom. The lowest BCUT2D eigenvalue weighted by Crippen LogP contribution is -1.82. The van der Waals surface area contributed by atoms with E-state index in [0.29, 0.717) is 0 Å². The highest BCUT2D eigenvalue weighted by atomic mass is 32.1. The quantitative estimate of drug-likeness (QED) is 0.548. The van der Waals surface area contributed by atoms with Crippen LogP contribution in [-0.2, 0) is 0 Å². The predicted molar refractivity (Wildman–Crippen MR) is 90.1 cm³/mol. The number of hydrogen-bond acceptors (Lipinski definition) is 2. The Labute approximate surface area is 124 Å². The monoisotopic (exact) mass is 288 g/mol. The number of rotatable bonds is 5. The second kappa shape index (κ2) is 6.88. The van der Waals surface area contributed by atoms with Gasteiger partial charge in [0.25, 0.3) is 0 Å². The van der Waals surface area contributed by atoms with Gasteiger partial charge in [-0.2, -0.15) is 0 Å². The van der Waals surface area contributed by atoms with Gasteiger partial charge in [0.15, 0.2) is 0 Å². The maximum Gasteiger partial charge on any atom is 0.0451 e. The van der Waals surface area contributed by atoms with Crippen LogP contribution in [0.1, 0.15) is 37.1 Å². The van der Waals surface area contributed by atoms with E-state index < -0.39 is 0 Å². The van der Waals surface area contributed by atoms with Crippen molar-refractivity contribution < 1.29 is 0 Å². The van der Waals surface area contributed by atoms with E-state index in [9.17, 15) is 0 Å². The van der Waals surface area contributed by atoms with Crippen LogP contribution in [0, 0.1) is 6.92 Å². The SMILES string of the molecule is C/C=C\C=C(/CCC)c1sc(-c2cccs2)cc1C. The molecule has 19 heavy (non-hydrogen) atoms. The number of aryl methyl sites for hydroxylation is 1. The van der Waals surface area contributed by atoms with E-state index in [0.717, 1.165) is 6.42 Å². The molecule has 0 spiro atoms. The molecule has 0 unspecified atom stereocenters. The molecule has 0 radical (unpaired) electrons. The zero-order chi connectivity index (χ0) is 13.7. The Hall–Kier alpha value is -1.12. The summed E-state index contributed by atoms with van der Waals surface area (Å²) in [6, 6.07) is 6.65. The molecular formula is C17H20S2. The van der Waals surface area contributed by atoms with Crippen LogP contribution in [0.3, 0.4) is 0 Å². The summed E-state index contributed by atoms with van der Waals surface area (Å²) in [6.45, 7) is 6.53. The zero-order valence-electron chi connectivity index (χ0n) is 11.8. The van der Waals surface area contributed by atoms with Gasteiger partial charge in [-0.25, -0.2) is 0 Å². The van der Waals surface area contributed by atoms with Gasteiger partial charge in [0, 0.05) is 14.6 Å². The van der Waals surface area contributed by atoms with E-state index in [1.165, 1.54) is 32.2 Å². The van der Waals surface area contributed by atoms with Crippen molar-refractivity contribution in [2.24, 2.45) is 0 Å². The van der Waals surface area contributed by atoms with Crippen LogP contribution in [0.2, 0.25) is 0 Å². The maximum absolute atomic E-state index is 2.32. The summed E-state index contributed by atoms with van der Waals surface area (Å²) in [5.74, 6) is 0. The van der Waals surface area contributed by atoms with Crippen LogP contribution in [0.4, 0.5) is 0 Å². The smallest absolute Gasteiger partial charge is 0.0451 e. The minimum atomic E-state index is 1.15. The van der Waals surface area contributed by atoms with Crippen LogP contribution in [0.5, 0.6) is 0 Å². The van der Waals surface area contributed by atoms with Gasteiger partial charge in [-0.1, -0.05) is 37.6 Å². The van der Waals surface area contributed by atoms with Crippen molar-refractivity contribution in [3.8, 4) is 9.75 Å². The topological polar surface area (TPSA) is 0 Å². The third-order valence-corrected chi connectivity index (χ3v) is 5.36. The van der Waals surface area contributed by atoms with Gasteiger partial charge in [-0.05, 0) is 48.9 Å². The van der Waals surface area contributed by atoms with Gasteiger partial charge in [-0.15, -0.1) is 22.7 Å². The Morgan fingerprint density at radius 3 is 2.79 bits per heavy atom. The standard InChI is InChI=1S/C17H20S2/c1-4-6-9-14(8-5-2)17-13(3)12-16(19-17)15-10-7-11-18-15/h4,6-7,9-12H,5,8H2,1-3H3/b6-4-,14-9+. The lowest BCUT2D eigenvalue weighted by molar-refractivity contribution is 0.975. The van der Waals surface area contributed by atoms with E-state index in [4.69, 9.17) is 0 Å². The van der Waals surface area contributed by atoms with Gasteiger partial charge in [0.05, 0.1) is 0 Å². The number of hydrogen-bond donors (Lipinski definition) is 0. The average Bonchev–Trinajstić information content (AvgIpc) is 3.03. The molecular weight excluding hydrogens is 268 g/mol. The summed E-state index contributed by atoms with van der Waals surface area (Å²) >= 11 is 3.74. The molecule has 2 aromatic heterocycles. The molecule has 2 heterocycles. The van der Waals surface area contributed by atoms with Crippen molar-refractivity contribution in [2.45, 2.75) is 33.6 Å². The van der Waals surface area contributed by atoms with Gasteiger partial charge in [-0.3, -0.25) is 0 Å². The molecule has 0 nitrogen and oxygen atoms in total. The fraction of sp³-hybridized carbons (Fsp3) is 0.294. The molecule has 0 fully saturated rings. The first-order valence-corrected chi connectivity index (χ1v) is 8.42. The van der Waals surface area contributed by atoms with Crippen molar-refractivity contribution in [1.29, 1.82) is 0 Å². The van der Waals surface area contributed by atoms with Crippen molar-refractivity contribution >= 4 is 28.2 Å². The molecule has 2 rings (SSSR count). The second-order valence-electron chi connectivity index (χ2n) is 4.57. The molecule has 0 aliphatic rings. The Bertz CT molecular complexity index is 568. The minimum absolute atomic E-state index is 1.15. The molecule has 0 aliphatic carbocycles. The van der Waals surface area contributed by atoms with Crippen molar-refractivity contribution in [1.82, 2.24) is 0 Å². The molecule has 0 N–H and O–H groups in total. The summed E-state index contributed by atoms with van der Waals surface area (Å²) in [5.41, 5.74) is 2.86. The lowest BCUT2D eigenvalue weighted by atomic mass is 10.1. The van der Waals surface area contributed by atoms with E-state index in [-0.39, 0.29) is 0 Å². The fourth-order valence-corrected chi connectivity index (χ4v) is 4.15. The van der Waals surface area contributed by atoms with Gasteiger partial charge < -0.3 is 0 Å². The van der Waals surface area contributed by atoms with E-state index in [2.05, 4.69) is 62.6 Å². The van der Waals surface area contributed by atoms with Gasteiger partial charge >= 0.3 is 0 Å². The molecule has 2 aromatic rings. The van der Waals surface area contributed by atoms with Crippen LogP contribution in [-0.4, -0.2) is 0 Å². The largest absolute Gasteiger partial charge is 0.143 e. The van der Waals surface area contributed by atoms with Gasteiger partial charge in [0.2, 0.25) is 0 Å². The summed E-state index contributed by atoms with van der Waals surface area (Å²) < 4.78 is 0. The summed E-state index contributed by atoms with van der Waals surface area (Å²) in [4.78, 5) is 4.22. The van der Waals surface area contributed by atoms with Crippen LogP contribution < -0.4 is 0 Å². The summed E-state index contributed by atoms with van der Waals surface area (Å²) in [6.07, 6.45) is 8.85. The van der Waals surface area contributed by atoms with Crippen molar-refractivity contribution in [2.75, 3.05) is 0 Å². The number of thiophene rings is 2. The van der Waals surface area contributed by atoms with Gasteiger partial charge in [0.1, 0.15) is 0 Å². The van der Waals surface area contributed by atoms with Crippen molar-refractivity contribution in [3.05, 3.63) is 52.2 Å². The Balaban J connectivity index is 2.38. The third kappa shape index (κ3) is 3.46. The van der Waals surface area contributed by atoms with Crippen LogP contribution in [0.15, 0.2) is 41.8 Å². The first kappa shape index (κ1) is 14.3. The molecule has 100 valence electrons. The molecule has 0 aliphatic heterocycles. The molecule has 0 aromatic carbocycles. The fourth-order valence-electron chi connectivity index (χ4n) is 2.10. The normalized spacial score (nSPS) is 12.5. The maximum atomic E-state index is 2.32. The summed E-state index contributed by atoms with van der Waals surface area (Å²) in [5, 5.41) is 2.15. The highest BCUT2D eigenvalue weighted by Crippen LogP contribution is 2.38. The minimum Gasteiger partial charge on any atom is -0.143 e. The zero-order valence-corrected chi connectivity index (χ0v) is 13.4. The molecule has 0 saturated carbocycles. The molecule has 0 saturated heterocycles. The van der Waals surface area contributed by atoms with E-state index in [1.807, 2.05) is 22.7 Å². The molecule has 0 bridgehead atoms. The lowest BCUT2D eigenvalue weighted by Gasteiger charge is -2.04. The van der Waals surface area contributed by atoms with Crippen LogP contribution >= 0.6 is 22.7 Å². The average molecular weight is 288 g/mol. The van der Waals surface area contributed by atoms with Crippen LogP contribution in [0.25, 0.3) is 15.3 Å². The molecule has 0 amide bonds. The Kier molecular flexibility index (Phi) is 5.17. The first-order valence-electron chi connectivity index (χ1n) is 6.72. The molecule has 2 heteroatoms. The van der Waals surface area contributed by atoms with Crippen molar-refractivity contribution in [3.63, 3.8) is 0 Å². The highest BCUT2D eigenvalue weighted by molar-refractivity contribution is 7.22. The second-order valence-corrected chi connectivity index (χ2v) is 6.57. The summed E-state index contributed by atoms with van der Waals surface area (Å²) in [7, 11) is 0. The highest BCUT2D eigenvalue weighted by Gasteiger charge is 2.11. The van der Waals surface area contributed by atoms with E-state index >= 15 is 0 Å². The van der Waals surface area contributed by atoms with E-state index in [1.54, 1.807) is 0 Å². The third-order valence-electron chi connectivity index (χ3n) is 2.98. The predicted octanol–water partition coefficient (Wildman–Crippen LogP) is 6.54. The molecule has 0 atom stereocenters. The Morgan fingerprint density at radius 2 is 2.16 bits per heavy atom. The first-order chi connectivity index (χ1) is 9.26.